The predicted octanol–water partition coefficient (Wildman–Crippen LogP) is 2.57. The van der Waals surface area contributed by atoms with Gasteiger partial charge in [-0.3, -0.25) is 0 Å². The maximum atomic E-state index is 12.0. The molecule has 9 nitrogen and oxygen atoms in total. The van der Waals surface area contributed by atoms with Crippen molar-refractivity contribution in [3.05, 3.63) is 59.7 Å². The van der Waals surface area contributed by atoms with Gasteiger partial charge in [0.2, 0.25) is 0 Å². The zero-order valence-corrected chi connectivity index (χ0v) is 16.8. The number of rotatable bonds is 12. The minimum Gasteiger partial charge on any atom is -0.480 e. The summed E-state index contributed by atoms with van der Waals surface area (Å²) in [5.74, 6) is -0.410. The Morgan fingerprint density at radius 1 is 0.933 bits per heavy atom. The van der Waals surface area contributed by atoms with Gasteiger partial charge in [-0.25, -0.2) is 9.59 Å². The Labute approximate surface area is 174 Å². The molecule has 0 aliphatic heterocycles. The molecule has 0 radical (unpaired) electrons. The van der Waals surface area contributed by atoms with E-state index in [1.807, 2.05) is 18.2 Å². The van der Waals surface area contributed by atoms with E-state index in [1.54, 1.807) is 30.3 Å². The molecule has 0 aliphatic rings. The quantitative estimate of drug-likeness (QED) is 0.505. The number of hydrogen-bond donors (Lipinski definition) is 2. The van der Waals surface area contributed by atoms with Crippen molar-refractivity contribution in [1.29, 1.82) is 0 Å². The second-order valence-electron chi connectivity index (χ2n) is 6.18. The number of carboxylic acid groups (broad SMARTS) is 1. The highest BCUT2D eigenvalue weighted by Gasteiger charge is 2.22. The lowest BCUT2D eigenvalue weighted by Crippen LogP contribution is -2.42. The van der Waals surface area contributed by atoms with Crippen LogP contribution in [0.2, 0.25) is 0 Å². The second kappa shape index (κ2) is 12.3. The van der Waals surface area contributed by atoms with Crippen molar-refractivity contribution in [2.75, 3.05) is 27.8 Å². The van der Waals surface area contributed by atoms with Crippen molar-refractivity contribution >= 4 is 12.1 Å². The highest BCUT2D eigenvalue weighted by Crippen LogP contribution is 2.29. The summed E-state index contributed by atoms with van der Waals surface area (Å²) in [6.45, 7) is 0.0496. The number of benzene rings is 2. The first kappa shape index (κ1) is 23.0. The van der Waals surface area contributed by atoms with Crippen molar-refractivity contribution in [2.24, 2.45) is 0 Å². The summed E-state index contributed by atoms with van der Waals surface area (Å²) < 4.78 is 25.8. The molecule has 162 valence electrons. The van der Waals surface area contributed by atoms with Gasteiger partial charge in [0.05, 0.1) is 0 Å². The molecule has 1 amide bonds. The molecule has 2 aromatic carbocycles. The molecule has 0 saturated carbocycles. The van der Waals surface area contributed by atoms with Crippen LogP contribution >= 0.6 is 0 Å². The van der Waals surface area contributed by atoms with Gasteiger partial charge in [0.25, 0.3) is 0 Å². The standard InChI is InChI=1S/C21H25NO8/c1-26-13-29-18-9-8-16(11-19(18)30-14-27-2)10-17(20(23)24)22-21(25)28-12-15-6-4-3-5-7-15/h3-9,11,17H,10,12-14H2,1-2H3,(H,22,25)(H,23,24)/t17-/m0/s1. The van der Waals surface area contributed by atoms with Gasteiger partial charge in [-0.2, -0.15) is 0 Å². The number of ether oxygens (including phenoxy) is 5. The Kier molecular flexibility index (Phi) is 9.43. The molecule has 2 N–H and O–H groups in total. The number of carboxylic acids is 1. The van der Waals surface area contributed by atoms with E-state index >= 15 is 0 Å². The van der Waals surface area contributed by atoms with Crippen LogP contribution in [0.4, 0.5) is 4.79 Å². The number of carbonyl (C=O) groups is 2. The number of hydrogen-bond acceptors (Lipinski definition) is 7. The maximum Gasteiger partial charge on any atom is 0.408 e. The van der Waals surface area contributed by atoms with Crippen LogP contribution in [0.3, 0.4) is 0 Å². The first-order valence-corrected chi connectivity index (χ1v) is 9.10. The van der Waals surface area contributed by atoms with E-state index in [-0.39, 0.29) is 26.6 Å². The van der Waals surface area contributed by atoms with E-state index in [0.717, 1.165) is 5.56 Å². The van der Waals surface area contributed by atoms with Crippen molar-refractivity contribution in [3.63, 3.8) is 0 Å². The third-order valence-electron chi connectivity index (χ3n) is 3.92. The van der Waals surface area contributed by atoms with Gasteiger partial charge in [-0.1, -0.05) is 36.4 Å². The normalized spacial score (nSPS) is 11.4. The van der Waals surface area contributed by atoms with Crippen LogP contribution in [0.5, 0.6) is 11.5 Å². The fraction of sp³-hybridized carbons (Fsp3) is 0.333. The molecule has 0 aliphatic carbocycles. The molecular formula is C21H25NO8. The summed E-state index contributed by atoms with van der Waals surface area (Å²) in [6, 6.07) is 12.8. The molecule has 0 bridgehead atoms. The van der Waals surface area contributed by atoms with Crippen LogP contribution in [0.15, 0.2) is 48.5 Å². The molecule has 0 spiro atoms. The molecule has 9 heteroatoms. The van der Waals surface area contributed by atoms with E-state index in [1.165, 1.54) is 14.2 Å². The largest absolute Gasteiger partial charge is 0.480 e. The Bertz CT molecular complexity index is 812. The van der Waals surface area contributed by atoms with Crippen LogP contribution in [0.25, 0.3) is 0 Å². The lowest BCUT2D eigenvalue weighted by Gasteiger charge is -2.17. The van der Waals surface area contributed by atoms with Crippen LogP contribution in [-0.4, -0.2) is 51.0 Å². The summed E-state index contributed by atoms with van der Waals surface area (Å²) >= 11 is 0. The summed E-state index contributed by atoms with van der Waals surface area (Å²) in [5, 5.41) is 11.9. The zero-order valence-electron chi connectivity index (χ0n) is 16.8. The van der Waals surface area contributed by atoms with Crippen molar-refractivity contribution in [2.45, 2.75) is 19.1 Å². The first-order chi connectivity index (χ1) is 14.5. The fourth-order valence-corrected chi connectivity index (χ4v) is 2.50. The second-order valence-corrected chi connectivity index (χ2v) is 6.18. The molecule has 30 heavy (non-hydrogen) atoms. The SMILES string of the molecule is COCOc1ccc(C[C@H](NC(=O)OCc2ccccc2)C(=O)O)cc1OCOC. The average Bonchev–Trinajstić information content (AvgIpc) is 2.75. The molecule has 1 atom stereocenters. The molecule has 0 aromatic heterocycles. The van der Waals surface area contributed by atoms with Gasteiger partial charge >= 0.3 is 12.1 Å². The molecule has 2 aromatic rings. The average molecular weight is 419 g/mol. The van der Waals surface area contributed by atoms with Gasteiger partial charge in [-0.15, -0.1) is 0 Å². The van der Waals surface area contributed by atoms with Gasteiger partial charge in [-0.05, 0) is 23.3 Å². The number of carbonyl (C=O) groups excluding carboxylic acids is 1. The third kappa shape index (κ3) is 7.61. The molecule has 2 rings (SSSR count). The van der Waals surface area contributed by atoms with Crippen LogP contribution in [0.1, 0.15) is 11.1 Å². The molecule has 0 fully saturated rings. The molecule has 0 unspecified atom stereocenters. The van der Waals surface area contributed by atoms with E-state index < -0.39 is 18.1 Å². The summed E-state index contributed by atoms with van der Waals surface area (Å²) in [6.07, 6.45) is -0.800. The zero-order chi connectivity index (χ0) is 21.8. The lowest BCUT2D eigenvalue weighted by molar-refractivity contribution is -0.139. The van der Waals surface area contributed by atoms with Gasteiger partial charge in [0.15, 0.2) is 25.1 Å². The monoisotopic (exact) mass is 419 g/mol. The van der Waals surface area contributed by atoms with Crippen molar-refractivity contribution < 1.29 is 38.4 Å². The minimum atomic E-state index is -1.19. The van der Waals surface area contributed by atoms with Gasteiger partial charge < -0.3 is 34.1 Å². The van der Waals surface area contributed by atoms with E-state index in [0.29, 0.717) is 17.1 Å². The molecule has 0 saturated heterocycles. The maximum absolute atomic E-state index is 12.0. The van der Waals surface area contributed by atoms with Crippen molar-refractivity contribution in [1.82, 2.24) is 5.32 Å². The topological polar surface area (TPSA) is 113 Å². The van der Waals surface area contributed by atoms with Gasteiger partial charge in [0, 0.05) is 20.6 Å². The van der Waals surface area contributed by atoms with Gasteiger partial charge in [0.1, 0.15) is 12.6 Å². The summed E-state index contributed by atoms with van der Waals surface area (Å²) in [5.41, 5.74) is 1.41. The van der Waals surface area contributed by atoms with E-state index in [2.05, 4.69) is 5.32 Å². The van der Waals surface area contributed by atoms with E-state index in [9.17, 15) is 14.7 Å². The van der Waals surface area contributed by atoms with Crippen molar-refractivity contribution in [3.8, 4) is 11.5 Å². The first-order valence-electron chi connectivity index (χ1n) is 9.10. The number of alkyl carbamates (subject to hydrolysis) is 1. The molecular weight excluding hydrogens is 394 g/mol. The third-order valence-corrected chi connectivity index (χ3v) is 3.92. The smallest absolute Gasteiger partial charge is 0.408 e. The Hall–Kier alpha value is -3.30. The van der Waals surface area contributed by atoms with Crippen LogP contribution in [0, 0.1) is 0 Å². The Morgan fingerprint density at radius 2 is 1.60 bits per heavy atom. The number of methoxy groups -OCH3 is 2. The van der Waals surface area contributed by atoms with E-state index in [4.69, 9.17) is 23.7 Å². The number of amides is 1. The summed E-state index contributed by atoms with van der Waals surface area (Å²) in [7, 11) is 2.97. The highest BCUT2D eigenvalue weighted by molar-refractivity contribution is 5.80. The number of nitrogens with one attached hydrogen (secondary N) is 1. The Morgan fingerprint density at radius 3 is 2.23 bits per heavy atom. The summed E-state index contributed by atoms with van der Waals surface area (Å²) in [4.78, 5) is 23.6. The number of aliphatic carboxylic acids is 1. The minimum absolute atomic E-state index is 0.0147. The lowest BCUT2D eigenvalue weighted by atomic mass is 10.1. The molecule has 0 heterocycles. The van der Waals surface area contributed by atoms with Crippen LogP contribution in [-0.2, 0) is 32.0 Å². The Balaban J connectivity index is 2.02. The fourth-order valence-electron chi connectivity index (χ4n) is 2.50. The predicted molar refractivity (Wildman–Crippen MR) is 106 cm³/mol. The van der Waals surface area contributed by atoms with Crippen LogP contribution < -0.4 is 14.8 Å². The highest BCUT2D eigenvalue weighted by atomic mass is 16.7.